The van der Waals surface area contributed by atoms with E-state index < -0.39 is 12.0 Å². The molecule has 6 heteroatoms. The minimum atomic E-state index is -0.903. The summed E-state index contributed by atoms with van der Waals surface area (Å²) in [6, 6.07) is -0.574. The Bertz CT molecular complexity index is 342. The summed E-state index contributed by atoms with van der Waals surface area (Å²) in [5.41, 5.74) is 0. The van der Waals surface area contributed by atoms with Crippen molar-refractivity contribution in [1.82, 2.24) is 15.1 Å². The van der Waals surface area contributed by atoms with E-state index in [0.717, 1.165) is 19.5 Å². The van der Waals surface area contributed by atoms with Crippen LogP contribution >= 0.6 is 0 Å². The Kier molecular flexibility index (Phi) is 4.63. The first kappa shape index (κ1) is 14.1. The van der Waals surface area contributed by atoms with Gasteiger partial charge in [-0.3, -0.25) is 4.90 Å². The number of carboxylic acid groups (broad SMARTS) is 1. The molecule has 2 N–H and O–H groups in total. The Morgan fingerprint density at radius 2 is 1.95 bits per heavy atom. The fourth-order valence-electron chi connectivity index (χ4n) is 2.91. The third kappa shape index (κ3) is 3.37. The van der Waals surface area contributed by atoms with Gasteiger partial charge in [0, 0.05) is 19.1 Å². The molecule has 0 radical (unpaired) electrons. The lowest BCUT2D eigenvalue weighted by Gasteiger charge is -2.26. The third-order valence-electron chi connectivity index (χ3n) is 4.11. The van der Waals surface area contributed by atoms with E-state index in [9.17, 15) is 9.59 Å². The van der Waals surface area contributed by atoms with Gasteiger partial charge in [-0.05, 0) is 45.7 Å². The molecule has 2 atom stereocenters. The first-order chi connectivity index (χ1) is 9.09. The molecule has 0 aromatic heterocycles. The standard InChI is InChI=1S/C13H23N3O3/c1-10(15-6-2-3-7-15)9-14-13(19)16-8-4-5-11(16)12(17)18/h10-11H,2-9H2,1H3,(H,14,19)(H,17,18)/t10?,11-/m0/s1. The molecule has 2 amide bonds. The number of rotatable bonds is 4. The lowest BCUT2D eigenvalue weighted by molar-refractivity contribution is -0.141. The predicted molar refractivity (Wildman–Crippen MR) is 71.0 cm³/mol. The molecule has 2 fully saturated rings. The first-order valence-corrected chi connectivity index (χ1v) is 7.11. The number of nitrogens with zero attached hydrogens (tertiary/aromatic N) is 2. The van der Waals surface area contributed by atoms with Gasteiger partial charge in [-0.1, -0.05) is 0 Å². The van der Waals surface area contributed by atoms with E-state index in [1.54, 1.807) is 0 Å². The van der Waals surface area contributed by atoms with E-state index in [1.165, 1.54) is 17.7 Å². The summed E-state index contributed by atoms with van der Waals surface area (Å²) in [6.07, 6.45) is 3.79. The average Bonchev–Trinajstić information content (AvgIpc) is 3.04. The Morgan fingerprint density at radius 1 is 1.26 bits per heavy atom. The Balaban J connectivity index is 1.78. The predicted octanol–water partition coefficient (Wildman–Crippen LogP) is 0.729. The minimum absolute atomic E-state index is 0.240. The highest BCUT2D eigenvalue weighted by atomic mass is 16.4. The fourth-order valence-corrected chi connectivity index (χ4v) is 2.91. The van der Waals surface area contributed by atoms with Gasteiger partial charge in [0.15, 0.2) is 0 Å². The number of amides is 2. The molecule has 2 heterocycles. The molecule has 2 aliphatic rings. The second-order valence-corrected chi connectivity index (χ2v) is 5.47. The summed E-state index contributed by atoms with van der Waals surface area (Å²) in [6.45, 7) is 5.42. The molecule has 19 heavy (non-hydrogen) atoms. The molecule has 108 valence electrons. The van der Waals surface area contributed by atoms with E-state index in [-0.39, 0.29) is 6.03 Å². The molecule has 0 aliphatic carbocycles. The second-order valence-electron chi connectivity index (χ2n) is 5.47. The summed E-state index contributed by atoms with van der Waals surface area (Å²) in [5.74, 6) is -0.903. The van der Waals surface area contributed by atoms with Crippen LogP contribution in [-0.4, -0.2) is 65.2 Å². The highest BCUT2D eigenvalue weighted by molar-refractivity contribution is 5.83. The molecule has 0 aromatic rings. The molecule has 2 rings (SSSR count). The monoisotopic (exact) mass is 269 g/mol. The van der Waals surface area contributed by atoms with Crippen LogP contribution in [0.2, 0.25) is 0 Å². The quantitative estimate of drug-likeness (QED) is 0.789. The zero-order valence-electron chi connectivity index (χ0n) is 11.5. The maximum absolute atomic E-state index is 12.0. The fraction of sp³-hybridized carbons (Fsp3) is 0.846. The van der Waals surface area contributed by atoms with Gasteiger partial charge >= 0.3 is 12.0 Å². The van der Waals surface area contributed by atoms with Crippen molar-refractivity contribution in [2.24, 2.45) is 0 Å². The largest absolute Gasteiger partial charge is 0.480 e. The van der Waals surface area contributed by atoms with Gasteiger partial charge < -0.3 is 15.3 Å². The number of hydrogen-bond donors (Lipinski definition) is 2. The van der Waals surface area contributed by atoms with Crippen molar-refractivity contribution < 1.29 is 14.7 Å². The van der Waals surface area contributed by atoms with Gasteiger partial charge in [0.25, 0.3) is 0 Å². The zero-order valence-corrected chi connectivity index (χ0v) is 11.5. The number of urea groups is 1. The van der Waals surface area contributed by atoms with Gasteiger partial charge in [0.05, 0.1) is 0 Å². The van der Waals surface area contributed by atoms with E-state index in [2.05, 4.69) is 17.1 Å². The maximum atomic E-state index is 12.0. The summed E-state index contributed by atoms with van der Waals surface area (Å²) >= 11 is 0. The molecular weight excluding hydrogens is 246 g/mol. The smallest absolute Gasteiger partial charge is 0.326 e. The van der Waals surface area contributed by atoms with Gasteiger partial charge in [-0.25, -0.2) is 9.59 Å². The van der Waals surface area contributed by atoms with Crippen LogP contribution in [0.4, 0.5) is 4.79 Å². The van der Waals surface area contributed by atoms with Crippen LogP contribution < -0.4 is 5.32 Å². The van der Waals surface area contributed by atoms with Crippen LogP contribution in [0.5, 0.6) is 0 Å². The van der Waals surface area contributed by atoms with E-state index >= 15 is 0 Å². The van der Waals surface area contributed by atoms with Crippen molar-refractivity contribution in [2.75, 3.05) is 26.2 Å². The van der Waals surface area contributed by atoms with Crippen LogP contribution in [0.25, 0.3) is 0 Å². The van der Waals surface area contributed by atoms with Gasteiger partial charge in [-0.15, -0.1) is 0 Å². The molecule has 0 bridgehead atoms. The normalized spacial score (nSPS) is 25.5. The van der Waals surface area contributed by atoms with Gasteiger partial charge in [0.2, 0.25) is 0 Å². The average molecular weight is 269 g/mol. The molecule has 2 aliphatic heterocycles. The summed E-state index contributed by atoms with van der Waals surface area (Å²) in [5, 5.41) is 11.9. The number of carboxylic acids is 1. The lowest BCUT2D eigenvalue weighted by Crippen LogP contribution is -2.49. The molecule has 2 saturated heterocycles. The third-order valence-corrected chi connectivity index (χ3v) is 4.11. The van der Waals surface area contributed by atoms with Crippen LogP contribution in [0.1, 0.15) is 32.6 Å². The number of aliphatic carboxylic acids is 1. The first-order valence-electron chi connectivity index (χ1n) is 7.11. The summed E-state index contributed by atoms with van der Waals surface area (Å²) < 4.78 is 0. The molecule has 1 unspecified atom stereocenters. The molecule has 0 aromatic carbocycles. The molecule has 0 saturated carbocycles. The Hall–Kier alpha value is -1.30. The SMILES string of the molecule is CC(CNC(=O)N1CCC[C@H]1C(=O)O)N1CCCC1. The highest BCUT2D eigenvalue weighted by Gasteiger charge is 2.34. The van der Waals surface area contributed by atoms with Crippen LogP contribution in [0.3, 0.4) is 0 Å². The number of hydrogen-bond acceptors (Lipinski definition) is 3. The Labute approximate surface area is 113 Å². The van der Waals surface area contributed by atoms with Crippen molar-refractivity contribution >= 4 is 12.0 Å². The van der Waals surface area contributed by atoms with Crippen molar-refractivity contribution in [3.63, 3.8) is 0 Å². The number of nitrogens with one attached hydrogen (secondary N) is 1. The maximum Gasteiger partial charge on any atom is 0.326 e. The number of carbonyl (C=O) groups excluding carboxylic acids is 1. The van der Waals surface area contributed by atoms with Gasteiger partial charge in [0.1, 0.15) is 6.04 Å². The van der Waals surface area contributed by atoms with Crippen LogP contribution in [0, 0.1) is 0 Å². The minimum Gasteiger partial charge on any atom is -0.480 e. The van der Waals surface area contributed by atoms with E-state index in [4.69, 9.17) is 5.11 Å². The second kappa shape index (κ2) is 6.23. The number of carbonyl (C=O) groups is 2. The number of likely N-dealkylation sites (tertiary alicyclic amines) is 2. The topological polar surface area (TPSA) is 72.9 Å². The van der Waals surface area contributed by atoms with Crippen molar-refractivity contribution in [1.29, 1.82) is 0 Å². The highest BCUT2D eigenvalue weighted by Crippen LogP contribution is 2.17. The van der Waals surface area contributed by atoms with E-state index in [0.29, 0.717) is 25.6 Å². The van der Waals surface area contributed by atoms with Crippen LogP contribution in [0.15, 0.2) is 0 Å². The molecular formula is C13H23N3O3. The van der Waals surface area contributed by atoms with Crippen molar-refractivity contribution in [2.45, 2.75) is 44.7 Å². The Morgan fingerprint density at radius 3 is 2.58 bits per heavy atom. The molecule has 0 spiro atoms. The van der Waals surface area contributed by atoms with Crippen molar-refractivity contribution in [3.05, 3.63) is 0 Å². The lowest BCUT2D eigenvalue weighted by atomic mass is 10.2. The van der Waals surface area contributed by atoms with E-state index in [1.807, 2.05) is 0 Å². The van der Waals surface area contributed by atoms with Crippen LogP contribution in [-0.2, 0) is 4.79 Å². The zero-order chi connectivity index (χ0) is 13.8. The summed E-state index contributed by atoms with van der Waals surface area (Å²) in [7, 11) is 0. The van der Waals surface area contributed by atoms with Crippen molar-refractivity contribution in [3.8, 4) is 0 Å². The molecule has 6 nitrogen and oxygen atoms in total. The van der Waals surface area contributed by atoms with Gasteiger partial charge in [-0.2, -0.15) is 0 Å². The summed E-state index contributed by atoms with van der Waals surface area (Å²) in [4.78, 5) is 26.8.